The van der Waals surface area contributed by atoms with Crippen LogP contribution in [0.5, 0.6) is 0 Å². The van der Waals surface area contributed by atoms with Crippen LogP contribution in [0.15, 0.2) is 65.0 Å². The molecule has 0 N–H and O–H groups in total. The SMILES string of the molecule is CC1(C)CC(=O)C2=C(C1)N(c1ccc(F)cc1)C1=C(C(=O)CC(C)(C)C1)C2c1ccc(Cl)c([N+](=O)[O-])c1. The van der Waals surface area contributed by atoms with Crippen molar-refractivity contribution in [2.24, 2.45) is 10.8 Å². The minimum atomic E-state index is -0.732. The van der Waals surface area contributed by atoms with Gasteiger partial charge in [-0.15, -0.1) is 0 Å². The number of hydrogen-bond acceptors (Lipinski definition) is 5. The van der Waals surface area contributed by atoms with Crippen LogP contribution < -0.4 is 4.90 Å². The van der Waals surface area contributed by atoms with Gasteiger partial charge in [0.05, 0.1) is 4.92 Å². The molecule has 37 heavy (non-hydrogen) atoms. The van der Waals surface area contributed by atoms with Crippen molar-refractivity contribution in [3.05, 3.63) is 91.5 Å². The zero-order chi connectivity index (χ0) is 26.9. The summed E-state index contributed by atoms with van der Waals surface area (Å²) in [6.07, 6.45) is 1.70. The number of rotatable bonds is 3. The van der Waals surface area contributed by atoms with E-state index in [4.69, 9.17) is 11.6 Å². The molecule has 0 fully saturated rings. The van der Waals surface area contributed by atoms with E-state index in [-0.39, 0.29) is 51.8 Å². The Balaban J connectivity index is 1.84. The van der Waals surface area contributed by atoms with Gasteiger partial charge in [0, 0.05) is 53.1 Å². The highest BCUT2D eigenvalue weighted by Crippen LogP contribution is 2.55. The summed E-state index contributed by atoms with van der Waals surface area (Å²) >= 11 is 6.11. The lowest BCUT2D eigenvalue weighted by atomic mass is 9.63. The number of carbonyl (C=O) groups excluding carboxylic acids is 2. The van der Waals surface area contributed by atoms with Gasteiger partial charge >= 0.3 is 0 Å². The number of nitro groups is 1. The molecule has 0 saturated carbocycles. The largest absolute Gasteiger partial charge is 0.317 e. The van der Waals surface area contributed by atoms with Crippen molar-refractivity contribution < 1.29 is 18.9 Å². The Labute approximate surface area is 220 Å². The molecule has 3 aliphatic rings. The molecule has 2 aliphatic carbocycles. The van der Waals surface area contributed by atoms with Gasteiger partial charge in [-0.2, -0.15) is 0 Å². The quantitative estimate of drug-likeness (QED) is 0.312. The number of nitro benzene ring substituents is 1. The minimum absolute atomic E-state index is 0.00638. The standard InChI is InChI=1S/C29H28ClFN2O4/c1-28(2)12-21-26(23(34)14-28)25(16-5-10-19(30)20(11-16)33(36)37)27-22(13-29(3,4)15-24(27)35)32(21)18-8-6-17(31)7-9-18/h5-11,25H,12-15H2,1-4H3. The van der Waals surface area contributed by atoms with E-state index in [1.165, 1.54) is 24.3 Å². The fraction of sp³-hybridized carbons (Fsp3) is 0.379. The van der Waals surface area contributed by atoms with Crippen LogP contribution in [-0.2, 0) is 9.59 Å². The molecule has 2 aromatic rings. The second-order valence-electron chi connectivity index (χ2n) is 11.8. The third-order valence-electron chi connectivity index (χ3n) is 7.50. The zero-order valence-corrected chi connectivity index (χ0v) is 22.0. The first-order valence-corrected chi connectivity index (χ1v) is 12.7. The van der Waals surface area contributed by atoms with Gasteiger partial charge in [-0.25, -0.2) is 4.39 Å². The predicted molar refractivity (Wildman–Crippen MR) is 140 cm³/mol. The number of carbonyl (C=O) groups is 2. The first-order chi connectivity index (χ1) is 17.3. The lowest BCUT2D eigenvalue weighted by molar-refractivity contribution is -0.384. The molecule has 0 amide bonds. The van der Waals surface area contributed by atoms with Crippen LogP contribution in [0, 0.1) is 26.8 Å². The molecular formula is C29H28ClFN2O4. The van der Waals surface area contributed by atoms with Crippen LogP contribution in [0.2, 0.25) is 5.02 Å². The van der Waals surface area contributed by atoms with Crippen molar-refractivity contribution in [3.63, 3.8) is 0 Å². The van der Waals surface area contributed by atoms with Crippen LogP contribution in [0.3, 0.4) is 0 Å². The molecule has 0 spiro atoms. The van der Waals surface area contributed by atoms with E-state index in [9.17, 15) is 24.1 Å². The highest BCUT2D eigenvalue weighted by molar-refractivity contribution is 6.32. The molecule has 0 saturated heterocycles. The van der Waals surface area contributed by atoms with E-state index in [2.05, 4.69) is 0 Å². The maximum Gasteiger partial charge on any atom is 0.288 e. The van der Waals surface area contributed by atoms with E-state index in [0.717, 1.165) is 11.4 Å². The topological polar surface area (TPSA) is 80.5 Å². The molecule has 0 atom stereocenters. The molecule has 0 aromatic heterocycles. The lowest BCUT2D eigenvalue weighted by Crippen LogP contribution is -2.44. The average Bonchev–Trinajstić information content (AvgIpc) is 2.77. The number of Topliss-reactive ketones (excluding diaryl/α,β-unsaturated/α-hetero) is 2. The first-order valence-electron chi connectivity index (χ1n) is 12.3. The zero-order valence-electron chi connectivity index (χ0n) is 21.2. The van der Waals surface area contributed by atoms with Gasteiger partial charge in [0.25, 0.3) is 5.69 Å². The van der Waals surface area contributed by atoms with E-state index in [1.54, 1.807) is 18.2 Å². The van der Waals surface area contributed by atoms with Gasteiger partial charge in [-0.05, 0) is 59.6 Å². The van der Waals surface area contributed by atoms with Crippen molar-refractivity contribution in [1.29, 1.82) is 0 Å². The number of nitrogens with zero attached hydrogens (tertiary/aromatic N) is 2. The molecule has 0 bridgehead atoms. The highest BCUT2D eigenvalue weighted by Gasteiger charge is 2.49. The Kier molecular flexibility index (Phi) is 5.90. The summed E-state index contributed by atoms with van der Waals surface area (Å²) in [5.41, 5.74) is 2.72. The maximum absolute atomic E-state index is 13.9. The van der Waals surface area contributed by atoms with Gasteiger partial charge in [0.15, 0.2) is 11.6 Å². The van der Waals surface area contributed by atoms with E-state index < -0.39 is 10.8 Å². The van der Waals surface area contributed by atoms with Crippen LogP contribution >= 0.6 is 11.6 Å². The summed E-state index contributed by atoms with van der Waals surface area (Å²) in [5.74, 6) is -1.30. The Morgan fingerprint density at radius 2 is 1.41 bits per heavy atom. The highest BCUT2D eigenvalue weighted by atomic mass is 35.5. The molecular weight excluding hydrogens is 495 g/mol. The number of anilines is 1. The third-order valence-corrected chi connectivity index (χ3v) is 7.81. The molecule has 2 aromatic carbocycles. The second-order valence-corrected chi connectivity index (χ2v) is 12.2. The van der Waals surface area contributed by atoms with E-state index >= 15 is 0 Å². The van der Waals surface area contributed by atoms with Crippen molar-refractivity contribution in [2.45, 2.75) is 59.3 Å². The first kappa shape index (κ1) is 25.3. The molecule has 192 valence electrons. The average molecular weight is 523 g/mol. The number of benzene rings is 2. The van der Waals surface area contributed by atoms with Gasteiger partial charge in [0.1, 0.15) is 10.8 Å². The number of allylic oxidation sites excluding steroid dienone is 4. The van der Waals surface area contributed by atoms with Crippen LogP contribution in [-0.4, -0.2) is 16.5 Å². The molecule has 0 radical (unpaired) electrons. The molecule has 6 nitrogen and oxygen atoms in total. The summed E-state index contributed by atoms with van der Waals surface area (Å²) < 4.78 is 13.9. The van der Waals surface area contributed by atoms with Gasteiger partial charge in [-0.1, -0.05) is 45.4 Å². The van der Waals surface area contributed by atoms with Crippen LogP contribution in [0.4, 0.5) is 15.8 Å². The van der Waals surface area contributed by atoms with Crippen molar-refractivity contribution in [1.82, 2.24) is 0 Å². The molecule has 8 heteroatoms. The molecule has 5 rings (SSSR count). The summed E-state index contributed by atoms with van der Waals surface area (Å²) in [7, 11) is 0. The molecule has 1 heterocycles. The van der Waals surface area contributed by atoms with Crippen LogP contribution in [0.25, 0.3) is 0 Å². The Morgan fingerprint density at radius 1 is 0.892 bits per heavy atom. The van der Waals surface area contributed by atoms with Crippen molar-refractivity contribution in [2.75, 3.05) is 4.90 Å². The van der Waals surface area contributed by atoms with Crippen molar-refractivity contribution >= 4 is 34.5 Å². The summed E-state index contributed by atoms with van der Waals surface area (Å²) in [5, 5.41) is 11.7. The lowest BCUT2D eigenvalue weighted by Gasteiger charge is -2.49. The summed E-state index contributed by atoms with van der Waals surface area (Å²) in [6, 6.07) is 10.6. The number of halogens is 2. The predicted octanol–water partition coefficient (Wildman–Crippen LogP) is 7.28. The summed E-state index contributed by atoms with van der Waals surface area (Å²) in [6.45, 7) is 8.11. The number of ketones is 2. The Bertz CT molecular complexity index is 1370. The van der Waals surface area contributed by atoms with Gasteiger partial charge in [-0.3, -0.25) is 19.7 Å². The van der Waals surface area contributed by atoms with Gasteiger partial charge in [0.2, 0.25) is 0 Å². The Hall–Kier alpha value is -3.32. The number of hydrogen-bond donors (Lipinski definition) is 0. The Morgan fingerprint density at radius 3 is 1.89 bits per heavy atom. The van der Waals surface area contributed by atoms with Gasteiger partial charge < -0.3 is 4.90 Å². The monoisotopic (exact) mass is 522 g/mol. The van der Waals surface area contributed by atoms with Crippen molar-refractivity contribution in [3.8, 4) is 0 Å². The fourth-order valence-corrected chi connectivity index (χ4v) is 6.24. The summed E-state index contributed by atoms with van der Waals surface area (Å²) in [4.78, 5) is 40.8. The van der Waals surface area contributed by atoms with Crippen LogP contribution in [0.1, 0.15) is 64.9 Å². The molecule has 0 unspecified atom stereocenters. The third kappa shape index (κ3) is 4.39. The second kappa shape index (κ2) is 8.62. The fourth-order valence-electron chi connectivity index (χ4n) is 6.05. The van der Waals surface area contributed by atoms with E-state index in [0.29, 0.717) is 35.2 Å². The normalized spacial score (nSPS) is 21.2. The smallest absolute Gasteiger partial charge is 0.288 e. The molecule has 1 aliphatic heterocycles. The minimum Gasteiger partial charge on any atom is -0.317 e. The maximum atomic E-state index is 13.9. The van der Waals surface area contributed by atoms with E-state index in [1.807, 2.05) is 32.6 Å².